The van der Waals surface area contributed by atoms with Gasteiger partial charge in [0, 0.05) is 12.2 Å². The van der Waals surface area contributed by atoms with Crippen LogP contribution in [0.5, 0.6) is 0 Å². The highest BCUT2D eigenvalue weighted by Crippen LogP contribution is 2.32. The van der Waals surface area contributed by atoms with Crippen molar-refractivity contribution in [1.82, 2.24) is 0 Å². The second-order valence-corrected chi connectivity index (χ2v) is 8.90. The Bertz CT molecular complexity index is 750. The molecule has 0 amide bonds. The molecule has 0 fully saturated rings. The lowest BCUT2D eigenvalue weighted by Gasteiger charge is -2.30. The van der Waals surface area contributed by atoms with E-state index in [1.165, 1.54) is 6.92 Å². The van der Waals surface area contributed by atoms with Gasteiger partial charge >= 0.3 is 5.97 Å². The third-order valence-electron chi connectivity index (χ3n) is 4.64. The minimum atomic E-state index is -3.80. The van der Waals surface area contributed by atoms with Gasteiger partial charge in [0.2, 0.25) is 0 Å². The van der Waals surface area contributed by atoms with E-state index < -0.39 is 26.2 Å². The van der Waals surface area contributed by atoms with Crippen molar-refractivity contribution in [3.8, 4) is 0 Å². The van der Waals surface area contributed by atoms with Gasteiger partial charge in [-0.2, -0.15) is 0 Å². The zero-order valence-corrected chi connectivity index (χ0v) is 14.5. The van der Waals surface area contributed by atoms with E-state index in [2.05, 4.69) is 0 Å². The largest absolute Gasteiger partial charge is 0.480 e. The average Bonchev–Trinajstić information content (AvgIpc) is 2.53. The smallest absolute Gasteiger partial charge is 0.324 e. The van der Waals surface area contributed by atoms with Crippen LogP contribution in [0.2, 0.25) is 0 Å². The molecule has 6 heteroatoms. The normalized spacial score (nSPS) is 26.0. The highest BCUT2D eigenvalue weighted by molar-refractivity contribution is 7.92. The number of hydrogen-bond acceptors (Lipinski definition) is 4. The number of aliphatic carboxylic acids is 1. The summed E-state index contributed by atoms with van der Waals surface area (Å²) in [5, 5.41) is 19.9. The molecule has 2 rings (SSSR count). The molecule has 1 atom stereocenters. The summed E-state index contributed by atoms with van der Waals surface area (Å²) >= 11 is 0. The standard InChI is InChI=1S/C18H22O5S/c1-17(16(19)20,24(2,22)23)12-13-18(21)10-8-15(9-11-18)14-6-4-3-5-7-14/h3-11,15,21H,12-13H2,1-2H3,(H,19,20)/t15?,17-,18?/m1/s1. The molecule has 0 heterocycles. The summed E-state index contributed by atoms with van der Waals surface area (Å²) in [5.74, 6) is -1.37. The Morgan fingerprint density at radius 1 is 1.21 bits per heavy atom. The first-order valence-electron chi connectivity index (χ1n) is 7.66. The number of rotatable bonds is 6. The van der Waals surface area contributed by atoms with Crippen LogP contribution in [0.15, 0.2) is 54.6 Å². The van der Waals surface area contributed by atoms with E-state index in [9.17, 15) is 23.4 Å². The summed E-state index contributed by atoms with van der Waals surface area (Å²) < 4.78 is 21.7. The third kappa shape index (κ3) is 3.76. The third-order valence-corrected chi connectivity index (χ3v) is 6.66. The second-order valence-electron chi connectivity index (χ2n) is 6.45. The molecule has 1 aliphatic carbocycles. The molecule has 2 N–H and O–H groups in total. The molecule has 0 spiro atoms. The molecule has 0 aromatic heterocycles. The maximum absolute atomic E-state index is 11.8. The molecule has 0 bridgehead atoms. The number of aliphatic hydroxyl groups is 1. The molecule has 24 heavy (non-hydrogen) atoms. The highest BCUT2D eigenvalue weighted by Gasteiger charge is 2.45. The van der Waals surface area contributed by atoms with Gasteiger partial charge in [0.15, 0.2) is 14.6 Å². The Kier molecular flexibility index (Phi) is 5.01. The monoisotopic (exact) mass is 350 g/mol. The predicted octanol–water partition coefficient (Wildman–Crippen LogP) is 2.30. The van der Waals surface area contributed by atoms with Crippen LogP contribution < -0.4 is 0 Å². The molecule has 1 aromatic rings. The molecule has 0 aliphatic heterocycles. The summed E-state index contributed by atoms with van der Waals surface area (Å²) in [6.07, 6.45) is 7.63. The molecular weight excluding hydrogens is 328 g/mol. The first kappa shape index (κ1) is 18.4. The second kappa shape index (κ2) is 6.53. The van der Waals surface area contributed by atoms with Crippen molar-refractivity contribution >= 4 is 15.8 Å². The number of hydrogen-bond donors (Lipinski definition) is 2. The van der Waals surface area contributed by atoms with Crippen LogP contribution in [0.25, 0.3) is 0 Å². The summed E-state index contributed by atoms with van der Waals surface area (Å²) in [4.78, 5) is 11.4. The molecule has 5 nitrogen and oxygen atoms in total. The summed E-state index contributed by atoms with van der Waals surface area (Å²) in [5.41, 5.74) is -0.259. The lowest BCUT2D eigenvalue weighted by Crippen LogP contribution is -2.44. The number of carboxylic acid groups (broad SMARTS) is 1. The maximum Gasteiger partial charge on any atom is 0.324 e. The van der Waals surface area contributed by atoms with Crippen molar-refractivity contribution in [2.45, 2.75) is 36.0 Å². The highest BCUT2D eigenvalue weighted by atomic mass is 32.2. The number of benzene rings is 1. The number of carbonyl (C=O) groups is 1. The van der Waals surface area contributed by atoms with Gasteiger partial charge in [0.1, 0.15) is 5.60 Å². The van der Waals surface area contributed by atoms with E-state index in [1.54, 1.807) is 12.2 Å². The van der Waals surface area contributed by atoms with E-state index in [0.29, 0.717) is 0 Å². The van der Waals surface area contributed by atoms with Gasteiger partial charge < -0.3 is 10.2 Å². The van der Waals surface area contributed by atoms with Gasteiger partial charge in [0.05, 0.1) is 0 Å². The lowest BCUT2D eigenvalue weighted by atomic mass is 9.84. The van der Waals surface area contributed by atoms with Gasteiger partial charge in [-0.1, -0.05) is 54.6 Å². The van der Waals surface area contributed by atoms with Crippen LogP contribution in [-0.2, 0) is 14.6 Å². The molecule has 1 aromatic carbocycles. The minimum Gasteiger partial charge on any atom is -0.480 e. The van der Waals surface area contributed by atoms with Crippen molar-refractivity contribution in [3.63, 3.8) is 0 Å². The van der Waals surface area contributed by atoms with E-state index in [1.807, 2.05) is 42.5 Å². The number of sulfone groups is 1. The van der Waals surface area contributed by atoms with Gasteiger partial charge in [-0.3, -0.25) is 4.79 Å². The molecule has 0 saturated heterocycles. The van der Waals surface area contributed by atoms with Crippen LogP contribution in [-0.4, -0.2) is 41.2 Å². The van der Waals surface area contributed by atoms with E-state index >= 15 is 0 Å². The summed E-state index contributed by atoms with van der Waals surface area (Å²) in [6, 6.07) is 9.75. The van der Waals surface area contributed by atoms with Crippen molar-refractivity contribution in [1.29, 1.82) is 0 Å². The van der Waals surface area contributed by atoms with Gasteiger partial charge in [-0.05, 0) is 25.3 Å². The fourth-order valence-corrected chi connectivity index (χ4v) is 3.40. The molecule has 0 radical (unpaired) electrons. The Labute approximate surface area is 142 Å². The summed E-state index contributed by atoms with van der Waals surface area (Å²) in [7, 11) is -3.80. The zero-order valence-electron chi connectivity index (χ0n) is 13.7. The van der Waals surface area contributed by atoms with Crippen LogP contribution >= 0.6 is 0 Å². The summed E-state index contributed by atoms with van der Waals surface area (Å²) in [6.45, 7) is 1.18. The van der Waals surface area contributed by atoms with Crippen LogP contribution in [0.4, 0.5) is 0 Å². The molecule has 0 unspecified atom stereocenters. The Balaban J connectivity index is 2.12. The van der Waals surface area contributed by atoms with Gasteiger partial charge in [-0.15, -0.1) is 0 Å². The van der Waals surface area contributed by atoms with Crippen molar-refractivity contribution in [3.05, 3.63) is 60.2 Å². The minimum absolute atomic E-state index is 0.0113. The Hall–Kier alpha value is -1.92. The van der Waals surface area contributed by atoms with Gasteiger partial charge in [-0.25, -0.2) is 8.42 Å². The van der Waals surface area contributed by atoms with Crippen LogP contribution in [0.3, 0.4) is 0 Å². The van der Waals surface area contributed by atoms with Gasteiger partial charge in [0.25, 0.3) is 0 Å². The number of carboxylic acids is 1. The maximum atomic E-state index is 11.8. The van der Waals surface area contributed by atoms with Crippen molar-refractivity contribution in [2.75, 3.05) is 6.26 Å². The first-order valence-corrected chi connectivity index (χ1v) is 9.56. The van der Waals surface area contributed by atoms with E-state index in [-0.39, 0.29) is 18.8 Å². The predicted molar refractivity (Wildman–Crippen MR) is 92.5 cm³/mol. The molecule has 0 saturated carbocycles. The fraction of sp³-hybridized carbons (Fsp3) is 0.389. The van der Waals surface area contributed by atoms with E-state index in [0.717, 1.165) is 11.8 Å². The molecule has 130 valence electrons. The quantitative estimate of drug-likeness (QED) is 0.768. The number of allylic oxidation sites excluding steroid dienone is 2. The van der Waals surface area contributed by atoms with Crippen molar-refractivity contribution < 1.29 is 23.4 Å². The van der Waals surface area contributed by atoms with Crippen molar-refractivity contribution in [2.24, 2.45) is 0 Å². The molecule has 1 aliphatic rings. The average molecular weight is 350 g/mol. The SMILES string of the molecule is C[C@@](CCC1(O)C=CC(c2ccccc2)C=C1)(C(=O)O)S(C)(=O)=O. The lowest BCUT2D eigenvalue weighted by molar-refractivity contribution is -0.140. The first-order chi connectivity index (χ1) is 11.1. The zero-order chi connectivity index (χ0) is 18.0. The van der Waals surface area contributed by atoms with E-state index in [4.69, 9.17) is 0 Å². The Morgan fingerprint density at radius 2 is 1.75 bits per heavy atom. The topological polar surface area (TPSA) is 91.7 Å². The fourth-order valence-electron chi connectivity index (χ4n) is 2.61. The van der Waals surface area contributed by atoms with Crippen LogP contribution in [0, 0.1) is 0 Å². The van der Waals surface area contributed by atoms with Crippen LogP contribution in [0.1, 0.15) is 31.2 Å². The Morgan fingerprint density at radius 3 is 2.21 bits per heavy atom. The molecular formula is C18H22O5S.